The number of carbonyl (C=O) groups is 1. The summed E-state index contributed by atoms with van der Waals surface area (Å²) < 4.78 is 11.2. The molecule has 1 atom stereocenters. The predicted molar refractivity (Wildman–Crippen MR) is 111 cm³/mol. The lowest BCUT2D eigenvalue weighted by molar-refractivity contribution is -0.384. The van der Waals surface area contributed by atoms with Crippen LogP contribution in [0.5, 0.6) is 5.88 Å². The van der Waals surface area contributed by atoms with Gasteiger partial charge < -0.3 is 14.4 Å². The fraction of sp³-hybridized carbons (Fsp3) is 0.571. The number of piperidine rings is 1. The van der Waals surface area contributed by atoms with Gasteiger partial charge in [0.15, 0.2) is 0 Å². The van der Waals surface area contributed by atoms with Crippen LogP contribution in [-0.2, 0) is 4.74 Å². The number of ether oxygens (including phenoxy) is 2. The number of nitro groups is 1. The molecule has 0 N–H and O–H groups in total. The topological polar surface area (TPSA) is 108 Å². The van der Waals surface area contributed by atoms with Gasteiger partial charge in [0.05, 0.1) is 28.8 Å². The predicted octanol–water partition coefficient (Wildman–Crippen LogP) is 4.34. The Morgan fingerprint density at radius 3 is 2.87 bits per heavy atom. The van der Waals surface area contributed by atoms with Crippen molar-refractivity contribution in [3.63, 3.8) is 0 Å². The van der Waals surface area contributed by atoms with E-state index in [0.29, 0.717) is 36.0 Å². The number of aromatic nitrogens is 2. The second kappa shape index (κ2) is 9.23. The summed E-state index contributed by atoms with van der Waals surface area (Å²) in [4.78, 5) is 33.0. The molecular formula is C21H28N4O5. The third-order valence-corrected chi connectivity index (χ3v) is 4.89. The number of likely N-dealkylation sites (tertiary alicyclic amines) is 1. The summed E-state index contributed by atoms with van der Waals surface area (Å²) in [6, 6.07) is 4.37. The van der Waals surface area contributed by atoms with Crippen molar-refractivity contribution < 1.29 is 19.2 Å². The second-order valence-electron chi connectivity index (χ2n) is 8.56. The van der Waals surface area contributed by atoms with Gasteiger partial charge in [-0.25, -0.2) is 14.8 Å². The van der Waals surface area contributed by atoms with Crippen molar-refractivity contribution in [1.29, 1.82) is 0 Å². The average molecular weight is 416 g/mol. The number of rotatable bonds is 6. The van der Waals surface area contributed by atoms with E-state index in [-0.39, 0.29) is 11.8 Å². The highest BCUT2D eigenvalue weighted by molar-refractivity contribution is 5.77. The zero-order valence-corrected chi connectivity index (χ0v) is 17.7. The first-order valence-electron chi connectivity index (χ1n) is 10.2. The Morgan fingerprint density at radius 1 is 1.33 bits per heavy atom. The number of non-ortho nitro benzene ring substituents is 1. The maximum Gasteiger partial charge on any atom is 0.410 e. The number of nitrogens with zero attached hydrogens (tertiary/aromatic N) is 4. The Kier molecular flexibility index (Phi) is 6.69. The summed E-state index contributed by atoms with van der Waals surface area (Å²) >= 11 is 0. The average Bonchev–Trinajstić information content (AvgIpc) is 2.69. The van der Waals surface area contributed by atoms with Crippen LogP contribution in [0.25, 0.3) is 11.0 Å². The summed E-state index contributed by atoms with van der Waals surface area (Å²) in [5, 5.41) is 10.8. The SMILES string of the molecule is CC(C)(C)OC(=O)N1CCCC(CCCOc2cnc3cc([N+](=O)[O-])ccc3n2)C1. The zero-order chi connectivity index (χ0) is 21.7. The molecule has 1 aromatic heterocycles. The molecule has 0 spiro atoms. The van der Waals surface area contributed by atoms with Crippen LogP contribution in [0.3, 0.4) is 0 Å². The normalized spacial score (nSPS) is 17.0. The number of benzene rings is 1. The van der Waals surface area contributed by atoms with Crippen LogP contribution in [-0.4, -0.2) is 51.2 Å². The van der Waals surface area contributed by atoms with Gasteiger partial charge in [0, 0.05) is 25.2 Å². The molecule has 1 aliphatic heterocycles. The van der Waals surface area contributed by atoms with Gasteiger partial charge in [0.2, 0.25) is 5.88 Å². The van der Waals surface area contributed by atoms with E-state index in [4.69, 9.17) is 9.47 Å². The van der Waals surface area contributed by atoms with Crippen LogP contribution in [0, 0.1) is 16.0 Å². The van der Waals surface area contributed by atoms with E-state index in [9.17, 15) is 14.9 Å². The van der Waals surface area contributed by atoms with Crippen LogP contribution < -0.4 is 4.74 Å². The van der Waals surface area contributed by atoms with E-state index in [1.54, 1.807) is 11.0 Å². The quantitative estimate of drug-likeness (QED) is 0.391. The monoisotopic (exact) mass is 416 g/mol. The molecule has 3 rings (SSSR count). The highest BCUT2D eigenvalue weighted by Crippen LogP contribution is 2.23. The van der Waals surface area contributed by atoms with Gasteiger partial charge in [-0.3, -0.25) is 10.1 Å². The highest BCUT2D eigenvalue weighted by Gasteiger charge is 2.27. The maximum absolute atomic E-state index is 12.3. The Bertz CT molecular complexity index is 912. The first kappa shape index (κ1) is 21.7. The smallest absolute Gasteiger partial charge is 0.410 e. The Morgan fingerprint density at radius 2 is 2.13 bits per heavy atom. The zero-order valence-electron chi connectivity index (χ0n) is 17.7. The summed E-state index contributed by atoms with van der Waals surface area (Å²) in [5.74, 6) is 0.827. The molecule has 9 heteroatoms. The summed E-state index contributed by atoms with van der Waals surface area (Å²) in [6.45, 7) is 7.58. The molecule has 0 aliphatic carbocycles. The molecule has 1 amide bonds. The molecule has 0 bridgehead atoms. The van der Waals surface area contributed by atoms with Gasteiger partial charge in [0.25, 0.3) is 5.69 Å². The first-order valence-corrected chi connectivity index (χ1v) is 10.2. The first-order chi connectivity index (χ1) is 14.2. The van der Waals surface area contributed by atoms with Crippen molar-refractivity contribution in [3.8, 4) is 5.88 Å². The maximum atomic E-state index is 12.3. The van der Waals surface area contributed by atoms with Crippen LogP contribution in [0.15, 0.2) is 24.4 Å². The van der Waals surface area contributed by atoms with Crippen LogP contribution >= 0.6 is 0 Å². The Labute approximate surface area is 175 Å². The third kappa shape index (κ3) is 6.01. The van der Waals surface area contributed by atoms with Crippen molar-refractivity contribution in [2.24, 2.45) is 5.92 Å². The van der Waals surface area contributed by atoms with Gasteiger partial charge in [-0.1, -0.05) is 0 Å². The van der Waals surface area contributed by atoms with Crippen molar-refractivity contribution in [2.75, 3.05) is 19.7 Å². The van der Waals surface area contributed by atoms with Crippen LogP contribution in [0.2, 0.25) is 0 Å². The lowest BCUT2D eigenvalue weighted by Crippen LogP contribution is -2.42. The van der Waals surface area contributed by atoms with Crippen molar-refractivity contribution in [1.82, 2.24) is 14.9 Å². The Hall–Kier alpha value is -2.97. The molecule has 9 nitrogen and oxygen atoms in total. The molecule has 1 unspecified atom stereocenters. The van der Waals surface area contributed by atoms with Crippen molar-refractivity contribution in [3.05, 3.63) is 34.5 Å². The van der Waals surface area contributed by atoms with Crippen molar-refractivity contribution in [2.45, 2.75) is 52.1 Å². The van der Waals surface area contributed by atoms with E-state index >= 15 is 0 Å². The fourth-order valence-electron chi connectivity index (χ4n) is 3.51. The second-order valence-corrected chi connectivity index (χ2v) is 8.56. The summed E-state index contributed by atoms with van der Waals surface area (Å²) in [7, 11) is 0. The molecule has 0 radical (unpaired) electrons. The number of amides is 1. The van der Waals surface area contributed by atoms with E-state index < -0.39 is 10.5 Å². The summed E-state index contributed by atoms with van der Waals surface area (Å²) in [5.41, 5.74) is 0.515. The molecule has 162 valence electrons. The van der Waals surface area contributed by atoms with E-state index in [0.717, 1.165) is 32.2 Å². The van der Waals surface area contributed by atoms with Crippen LogP contribution in [0.1, 0.15) is 46.5 Å². The Balaban J connectivity index is 1.46. The van der Waals surface area contributed by atoms with Crippen LogP contribution in [0.4, 0.5) is 10.5 Å². The van der Waals surface area contributed by atoms with Crippen molar-refractivity contribution >= 4 is 22.8 Å². The standard InChI is InChI=1S/C21H28N4O5/c1-21(2,3)30-20(26)24-10-4-6-15(14-24)7-5-11-29-19-13-22-18-12-16(25(27)28)8-9-17(18)23-19/h8-9,12-13,15H,4-7,10-11,14H2,1-3H3. The lowest BCUT2D eigenvalue weighted by Gasteiger charge is -2.34. The van der Waals surface area contributed by atoms with Gasteiger partial charge in [-0.2, -0.15) is 0 Å². The van der Waals surface area contributed by atoms with Gasteiger partial charge in [0.1, 0.15) is 5.60 Å². The largest absolute Gasteiger partial charge is 0.477 e. The molecule has 1 fully saturated rings. The molecule has 2 aromatic rings. The van der Waals surface area contributed by atoms with Gasteiger partial charge in [-0.05, 0) is 58.4 Å². The number of nitro benzene ring substituents is 1. The van der Waals surface area contributed by atoms with Gasteiger partial charge >= 0.3 is 6.09 Å². The van der Waals surface area contributed by atoms with E-state index in [2.05, 4.69) is 9.97 Å². The molecule has 0 saturated carbocycles. The van der Waals surface area contributed by atoms with E-state index in [1.165, 1.54) is 18.3 Å². The molecule has 1 aromatic carbocycles. The summed E-state index contributed by atoms with van der Waals surface area (Å²) in [6.07, 6.45) is 5.10. The number of carbonyl (C=O) groups excluding carboxylic acids is 1. The minimum absolute atomic E-state index is 0.0154. The molecule has 1 saturated heterocycles. The van der Waals surface area contributed by atoms with Gasteiger partial charge in [-0.15, -0.1) is 0 Å². The number of hydrogen-bond donors (Lipinski definition) is 0. The third-order valence-electron chi connectivity index (χ3n) is 4.89. The van der Waals surface area contributed by atoms with E-state index in [1.807, 2.05) is 20.8 Å². The molecule has 1 aliphatic rings. The molecular weight excluding hydrogens is 388 g/mol. The lowest BCUT2D eigenvalue weighted by atomic mass is 9.94. The number of fused-ring (bicyclic) bond motifs is 1. The highest BCUT2D eigenvalue weighted by atomic mass is 16.6. The fourth-order valence-corrected chi connectivity index (χ4v) is 3.51. The minimum atomic E-state index is -0.482. The minimum Gasteiger partial charge on any atom is -0.477 e. The molecule has 30 heavy (non-hydrogen) atoms. The number of hydrogen-bond acceptors (Lipinski definition) is 7. The molecule has 2 heterocycles.